The summed E-state index contributed by atoms with van der Waals surface area (Å²) in [5.74, 6) is 0. The lowest BCUT2D eigenvalue weighted by atomic mass is 10.1. The Bertz CT molecular complexity index is 895. The summed E-state index contributed by atoms with van der Waals surface area (Å²) in [4.78, 5) is 13.2. The first-order valence-corrected chi connectivity index (χ1v) is 8.91. The number of aromatic nitrogens is 1. The van der Waals surface area contributed by atoms with Gasteiger partial charge in [-0.25, -0.2) is 4.79 Å². The zero-order valence-corrected chi connectivity index (χ0v) is 16.1. The lowest BCUT2D eigenvalue weighted by Crippen LogP contribution is -2.32. The van der Waals surface area contributed by atoms with E-state index in [0.29, 0.717) is 22.0 Å². The molecule has 1 aromatic heterocycles. The Morgan fingerprint density at radius 1 is 1.24 bits per heavy atom. The van der Waals surface area contributed by atoms with Crippen molar-refractivity contribution in [1.82, 2.24) is 5.16 Å². The minimum absolute atomic E-state index is 0.376. The molecule has 25 heavy (non-hydrogen) atoms. The number of hydrogen-bond donors (Lipinski definition) is 1. The van der Waals surface area contributed by atoms with Crippen LogP contribution in [0.15, 0.2) is 59.3 Å². The van der Waals surface area contributed by atoms with Crippen molar-refractivity contribution in [3.63, 3.8) is 0 Å². The Morgan fingerprint density at radius 3 is 2.56 bits per heavy atom. The van der Waals surface area contributed by atoms with Crippen molar-refractivity contribution in [3.8, 4) is 11.3 Å². The highest BCUT2D eigenvalue weighted by Crippen LogP contribution is 2.36. The van der Waals surface area contributed by atoms with Gasteiger partial charge < -0.3 is 9.63 Å². The second-order valence-corrected chi connectivity index (χ2v) is 7.06. The summed E-state index contributed by atoms with van der Waals surface area (Å²) in [6.07, 6.45) is 0.233. The third-order valence-corrected chi connectivity index (χ3v) is 4.94. The topological polar surface area (TPSA) is 66.6 Å². The van der Waals surface area contributed by atoms with Crippen LogP contribution in [0.3, 0.4) is 0 Å². The fourth-order valence-corrected chi connectivity index (χ4v) is 3.29. The number of halogens is 2. The Kier molecular flexibility index (Phi) is 5.29. The van der Waals surface area contributed by atoms with E-state index >= 15 is 0 Å². The molecule has 1 amide bonds. The van der Waals surface area contributed by atoms with Crippen LogP contribution < -0.4 is 4.90 Å². The standard InChI is InChI=1S/C18H14ClIN2O3/c1-11(14-4-2-3-5-15(14)19)22(18(23)24)16-10-25-21-17(16)12-6-8-13(20)9-7-12/h2-11H,1H3,(H,23,24). The van der Waals surface area contributed by atoms with E-state index in [9.17, 15) is 9.90 Å². The fraction of sp³-hybridized carbons (Fsp3) is 0.111. The monoisotopic (exact) mass is 468 g/mol. The smallest absolute Gasteiger partial charge is 0.412 e. The maximum atomic E-state index is 12.0. The van der Waals surface area contributed by atoms with E-state index in [0.717, 1.165) is 9.13 Å². The summed E-state index contributed by atoms with van der Waals surface area (Å²) < 4.78 is 6.16. The van der Waals surface area contributed by atoms with Crippen LogP contribution in [0, 0.1) is 3.57 Å². The molecular weight excluding hydrogens is 455 g/mol. The van der Waals surface area contributed by atoms with Crippen LogP contribution in [0.4, 0.5) is 10.5 Å². The number of hydrogen-bond acceptors (Lipinski definition) is 3. The Balaban J connectivity index is 2.06. The fourth-order valence-electron chi connectivity index (χ4n) is 2.64. The summed E-state index contributed by atoms with van der Waals surface area (Å²) in [7, 11) is 0. The molecule has 0 aliphatic heterocycles. The van der Waals surface area contributed by atoms with Crippen LogP contribution in [0.5, 0.6) is 0 Å². The maximum absolute atomic E-state index is 12.0. The summed E-state index contributed by atoms with van der Waals surface area (Å²) >= 11 is 8.45. The molecule has 0 bridgehead atoms. The molecule has 0 radical (unpaired) electrons. The van der Waals surface area contributed by atoms with E-state index in [2.05, 4.69) is 27.7 Å². The number of rotatable bonds is 4. The zero-order valence-electron chi connectivity index (χ0n) is 13.2. The second-order valence-electron chi connectivity index (χ2n) is 5.41. The molecule has 1 unspecified atom stereocenters. The Hall–Kier alpha value is -2.06. The molecule has 0 fully saturated rings. The molecule has 128 valence electrons. The van der Waals surface area contributed by atoms with Gasteiger partial charge in [-0.3, -0.25) is 4.90 Å². The molecule has 1 atom stereocenters. The van der Waals surface area contributed by atoms with Crippen LogP contribution in [0.25, 0.3) is 11.3 Å². The lowest BCUT2D eigenvalue weighted by Gasteiger charge is -2.26. The number of benzene rings is 2. The van der Waals surface area contributed by atoms with Gasteiger partial charge in [-0.15, -0.1) is 0 Å². The summed E-state index contributed by atoms with van der Waals surface area (Å²) in [6, 6.07) is 14.3. The zero-order chi connectivity index (χ0) is 18.0. The van der Waals surface area contributed by atoms with E-state index in [4.69, 9.17) is 16.1 Å². The lowest BCUT2D eigenvalue weighted by molar-refractivity contribution is 0.199. The summed E-state index contributed by atoms with van der Waals surface area (Å²) in [5.41, 5.74) is 2.34. The number of nitrogens with zero attached hydrogens (tertiary/aromatic N) is 2. The highest BCUT2D eigenvalue weighted by Gasteiger charge is 2.29. The van der Waals surface area contributed by atoms with Crippen LogP contribution in [-0.2, 0) is 0 Å². The van der Waals surface area contributed by atoms with E-state index in [1.807, 2.05) is 30.3 Å². The van der Waals surface area contributed by atoms with Crippen molar-refractivity contribution in [2.75, 3.05) is 4.90 Å². The van der Waals surface area contributed by atoms with Gasteiger partial charge in [0.2, 0.25) is 0 Å². The molecule has 0 saturated carbocycles. The first-order valence-electron chi connectivity index (χ1n) is 7.46. The van der Waals surface area contributed by atoms with E-state index in [1.54, 1.807) is 25.1 Å². The average Bonchev–Trinajstić information content (AvgIpc) is 3.05. The molecule has 3 aromatic rings. The first-order chi connectivity index (χ1) is 12.0. The van der Waals surface area contributed by atoms with Crippen LogP contribution in [0.1, 0.15) is 18.5 Å². The number of anilines is 1. The highest BCUT2D eigenvalue weighted by molar-refractivity contribution is 14.1. The van der Waals surface area contributed by atoms with E-state index < -0.39 is 12.1 Å². The maximum Gasteiger partial charge on any atom is 0.412 e. The predicted octanol–water partition coefficient (Wildman–Crippen LogP) is 5.85. The summed E-state index contributed by atoms with van der Waals surface area (Å²) in [6.45, 7) is 1.78. The largest absolute Gasteiger partial charge is 0.465 e. The Labute approximate surface area is 163 Å². The van der Waals surface area contributed by atoms with Gasteiger partial charge in [-0.05, 0) is 53.3 Å². The van der Waals surface area contributed by atoms with Crippen LogP contribution in [0.2, 0.25) is 5.02 Å². The molecule has 1 heterocycles. The van der Waals surface area contributed by atoms with E-state index in [-0.39, 0.29) is 0 Å². The van der Waals surface area contributed by atoms with Gasteiger partial charge in [0.05, 0.1) is 6.04 Å². The van der Waals surface area contributed by atoms with Crippen molar-refractivity contribution in [2.24, 2.45) is 0 Å². The number of amides is 1. The van der Waals surface area contributed by atoms with Crippen molar-refractivity contribution in [1.29, 1.82) is 0 Å². The van der Waals surface area contributed by atoms with Crippen LogP contribution in [-0.4, -0.2) is 16.4 Å². The molecule has 1 N–H and O–H groups in total. The van der Waals surface area contributed by atoms with Gasteiger partial charge in [-0.1, -0.05) is 47.1 Å². The molecular formula is C18H14ClIN2O3. The third-order valence-electron chi connectivity index (χ3n) is 3.88. The molecule has 3 rings (SSSR count). The quantitative estimate of drug-likeness (QED) is 0.488. The highest BCUT2D eigenvalue weighted by atomic mass is 127. The second kappa shape index (κ2) is 7.45. The van der Waals surface area contributed by atoms with Gasteiger partial charge in [0.15, 0.2) is 0 Å². The third kappa shape index (κ3) is 3.64. The van der Waals surface area contributed by atoms with E-state index in [1.165, 1.54) is 11.2 Å². The van der Waals surface area contributed by atoms with Gasteiger partial charge in [0.25, 0.3) is 0 Å². The molecule has 7 heteroatoms. The molecule has 0 aliphatic carbocycles. The molecule has 2 aromatic carbocycles. The van der Waals surface area contributed by atoms with Gasteiger partial charge in [0, 0.05) is 14.2 Å². The minimum Gasteiger partial charge on any atom is -0.465 e. The van der Waals surface area contributed by atoms with Gasteiger partial charge >= 0.3 is 6.09 Å². The minimum atomic E-state index is -1.11. The average molecular weight is 469 g/mol. The molecule has 0 aliphatic rings. The van der Waals surface area contributed by atoms with Gasteiger partial charge in [-0.2, -0.15) is 0 Å². The number of carbonyl (C=O) groups is 1. The first kappa shape index (κ1) is 17.8. The molecule has 0 saturated heterocycles. The predicted molar refractivity (Wildman–Crippen MR) is 105 cm³/mol. The SMILES string of the molecule is CC(c1ccccc1Cl)N(C(=O)O)c1conc1-c1ccc(I)cc1. The van der Waals surface area contributed by atoms with Crippen molar-refractivity contribution in [3.05, 3.63) is 69.0 Å². The Morgan fingerprint density at radius 2 is 1.92 bits per heavy atom. The summed E-state index contributed by atoms with van der Waals surface area (Å²) in [5, 5.41) is 14.3. The van der Waals surface area contributed by atoms with Crippen LogP contribution >= 0.6 is 34.2 Å². The molecule has 5 nitrogen and oxygen atoms in total. The normalized spacial score (nSPS) is 12.0. The van der Waals surface area contributed by atoms with Crippen molar-refractivity contribution >= 4 is 46.0 Å². The number of carboxylic acid groups (broad SMARTS) is 1. The molecule has 0 spiro atoms. The van der Waals surface area contributed by atoms with Crippen molar-refractivity contribution < 1.29 is 14.4 Å². The van der Waals surface area contributed by atoms with Crippen molar-refractivity contribution in [2.45, 2.75) is 13.0 Å². The van der Waals surface area contributed by atoms with Gasteiger partial charge in [0.1, 0.15) is 17.6 Å².